The van der Waals surface area contributed by atoms with Gasteiger partial charge in [0.25, 0.3) is 0 Å². The van der Waals surface area contributed by atoms with E-state index in [0.29, 0.717) is 27.4 Å². The van der Waals surface area contributed by atoms with E-state index in [4.69, 9.17) is 37.7 Å². The Morgan fingerprint density at radius 1 is 1.00 bits per heavy atom. The molecule has 1 heterocycles. The van der Waals surface area contributed by atoms with Gasteiger partial charge in [-0.15, -0.1) is 15.6 Å². The summed E-state index contributed by atoms with van der Waals surface area (Å²) in [5.74, 6) is 1.18. The molecule has 0 bridgehead atoms. The zero-order valence-electron chi connectivity index (χ0n) is 16.2. The Labute approximate surface area is 188 Å². The van der Waals surface area contributed by atoms with Crippen LogP contribution in [0, 0.1) is 6.92 Å². The molecule has 4 nitrogen and oxygen atoms in total. The molecule has 3 rings (SSSR count). The lowest BCUT2D eigenvalue weighted by atomic mass is 9.89. The number of methoxy groups -OCH3 is 2. The van der Waals surface area contributed by atoms with Gasteiger partial charge < -0.3 is 9.47 Å². The molecule has 3 aromatic rings. The van der Waals surface area contributed by atoms with Crippen LogP contribution in [0.1, 0.15) is 28.6 Å². The quantitative estimate of drug-likeness (QED) is 0.353. The maximum absolute atomic E-state index is 14.0. The normalized spacial score (nSPS) is 11.2. The number of hydrogen-bond acceptors (Lipinski definition) is 5. The Balaban J connectivity index is 2.36. The lowest BCUT2D eigenvalue weighted by molar-refractivity contribution is 0.401. The summed E-state index contributed by atoms with van der Waals surface area (Å²) in [6.07, 6.45) is 1.91. The third-order valence-electron chi connectivity index (χ3n) is 4.57. The molecule has 0 spiro atoms. The Bertz CT molecular complexity index is 976. The van der Waals surface area contributed by atoms with Crippen molar-refractivity contribution < 1.29 is 13.4 Å². The van der Waals surface area contributed by atoms with Gasteiger partial charge in [-0.25, -0.2) is 8.96 Å². The molecule has 0 atom stereocenters. The van der Waals surface area contributed by atoms with Crippen LogP contribution >= 0.6 is 47.3 Å². The third-order valence-corrected chi connectivity index (χ3v) is 6.41. The van der Waals surface area contributed by atoms with E-state index < -0.39 is 5.92 Å². The molecule has 0 aliphatic carbocycles. The van der Waals surface area contributed by atoms with E-state index in [0.717, 1.165) is 21.8 Å². The van der Waals surface area contributed by atoms with Crippen LogP contribution < -0.4 is 9.47 Å². The summed E-state index contributed by atoms with van der Waals surface area (Å²) < 4.78 is 26.7. The standard InChI is InChI=1S/C20H19Cl2FN2O2S2/c1-11-20(28-4)24-19(25(11)29-23)18(14-7-5-12(21)9-16(14)26-2)15-8-6-13(22)10-17(15)27-3/h5-10,18H,1-4H3. The van der Waals surface area contributed by atoms with E-state index in [1.807, 2.05) is 25.3 Å². The van der Waals surface area contributed by atoms with Crippen LogP contribution in [0.4, 0.5) is 3.89 Å². The van der Waals surface area contributed by atoms with E-state index in [1.54, 1.807) is 38.5 Å². The number of ether oxygens (including phenoxy) is 2. The van der Waals surface area contributed by atoms with Crippen LogP contribution in [-0.2, 0) is 0 Å². The largest absolute Gasteiger partial charge is 0.496 e. The van der Waals surface area contributed by atoms with Crippen LogP contribution in [0.25, 0.3) is 0 Å². The highest BCUT2D eigenvalue weighted by atomic mass is 35.5. The molecule has 0 amide bonds. The fraction of sp³-hybridized carbons (Fsp3) is 0.250. The van der Waals surface area contributed by atoms with Crippen LogP contribution in [-0.4, -0.2) is 29.4 Å². The second kappa shape index (κ2) is 9.51. The lowest BCUT2D eigenvalue weighted by Gasteiger charge is -2.22. The Morgan fingerprint density at radius 2 is 1.52 bits per heavy atom. The van der Waals surface area contributed by atoms with E-state index >= 15 is 0 Å². The van der Waals surface area contributed by atoms with Gasteiger partial charge in [-0.1, -0.05) is 35.3 Å². The second-order valence-electron chi connectivity index (χ2n) is 6.13. The van der Waals surface area contributed by atoms with Crippen LogP contribution in [0.5, 0.6) is 11.5 Å². The van der Waals surface area contributed by atoms with Gasteiger partial charge >= 0.3 is 0 Å². The third kappa shape index (κ3) is 4.33. The summed E-state index contributed by atoms with van der Waals surface area (Å²) in [5, 5.41) is 1.82. The molecular formula is C20H19Cl2FN2O2S2. The first-order valence-electron chi connectivity index (χ1n) is 8.54. The number of halogens is 3. The number of hydrogen-bond donors (Lipinski definition) is 0. The molecule has 29 heavy (non-hydrogen) atoms. The lowest BCUT2D eigenvalue weighted by Crippen LogP contribution is -2.12. The number of benzene rings is 2. The minimum Gasteiger partial charge on any atom is -0.496 e. The fourth-order valence-corrected chi connectivity index (χ4v) is 4.60. The molecule has 154 valence electrons. The number of imidazole rings is 1. The molecule has 0 aliphatic rings. The zero-order chi connectivity index (χ0) is 21.1. The van der Waals surface area contributed by atoms with Crippen molar-refractivity contribution in [3.05, 3.63) is 69.1 Å². The van der Waals surface area contributed by atoms with E-state index in [-0.39, 0.29) is 12.3 Å². The highest BCUT2D eigenvalue weighted by molar-refractivity contribution is 7.98. The van der Waals surface area contributed by atoms with Gasteiger partial charge in [0, 0.05) is 21.2 Å². The van der Waals surface area contributed by atoms with Crippen LogP contribution in [0.15, 0.2) is 41.4 Å². The minimum atomic E-state index is -0.475. The molecule has 0 unspecified atom stereocenters. The van der Waals surface area contributed by atoms with Crippen molar-refractivity contribution in [1.82, 2.24) is 8.96 Å². The predicted molar refractivity (Wildman–Crippen MR) is 120 cm³/mol. The smallest absolute Gasteiger partial charge is 0.171 e. The highest BCUT2D eigenvalue weighted by Crippen LogP contribution is 2.44. The molecule has 0 aliphatic heterocycles. The predicted octanol–water partition coefficient (Wildman–Crippen LogP) is 6.80. The van der Waals surface area contributed by atoms with Crippen LogP contribution in [0.3, 0.4) is 0 Å². The second-order valence-corrected chi connectivity index (χ2v) is 8.30. The summed E-state index contributed by atoms with van der Waals surface area (Å²) in [4.78, 5) is 4.74. The molecule has 1 aromatic heterocycles. The maximum atomic E-state index is 14.0. The van der Waals surface area contributed by atoms with Gasteiger partial charge in [-0.3, -0.25) is 0 Å². The van der Waals surface area contributed by atoms with Crippen molar-refractivity contribution in [2.45, 2.75) is 17.9 Å². The van der Waals surface area contributed by atoms with Gasteiger partial charge in [0.15, 0.2) is 12.3 Å². The summed E-state index contributed by atoms with van der Waals surface area (Å²) >= 11 is 13.9. The van der Waals surface area contributed by atoms with Gasteiger partial charge in [0.05, 0.1) is 25.8 Å². The Hall–Kier alpha value is -1.54. The minimum absolute atomic E-state index is 0.116. The van der Waals surface area contributed by atoms with Crippen molar-refractivity contribution in [3.8, 4) is 11.5 Å². The first-order chi connectivity index (χ1) is 13.9. The first-order valence-corrected chi connectivity index (χ1v) is 11.2. The fourth-order valence-electron chi connectivity index (χ4n) is 3.24. The molecule has 2 aromatic carbocycles. The number of aromatic nitrogens is 2. The van der Waals surface area contributed by atoms with Gasteiger partial charge in [-0.2, -0.15) is 0 Å². The molecular weight excluding hydrogens is 454 g/mol. The molecule has 0 saturated carbocycles. The van der Waals surface area contributed by atoms with E-state index in [9.17, 15) is 3.89 Å². The molecule has 0 N–H and O–H groups in total. The molecule has 0 fully saturated rings. The van der Waals surface area contributed by atoms with Crippen LogP contribution in [0.2, 0.25) is 10.0 Å². The Morgan fingerprint density at radius 3 is 1.93 bits per heavy atom. The SMILES string of the molecule is COc1cc(Cl)ccc1C(c1ccc(Cl)cc1OC)c1nc(SC)c(C)n1SF. The molecule has 9 heteroatoms. The summed E-state index contributed by atoms with van der Waals surface area (Å²) in [6, 6.07) is 10.7. The maximum Gasteiger partial charge on any atom is 0.171 e. The van der Waals surface area contributed by atoms with Crippen molar-refractivity contribution in [2.24, 2.45) is 0 Å². The topological polar surface area (TPSA) is 36.3 Å². The van der Waals surface area contributed by atoms with Gasteiger partial charge in [0.2, 0.25) is 0 Å². The number of rotatable bonds is 7. The van der Waals surface area contributed by atoms with Crippen molar-refractivity contribution in [3.63, 3.8) is 0 Å². The monoisotopic (exact) mass is 472 g/mol. The summed E-state index contributed by atoms with van der Waals surface area (Å²) in [6.45, 7) is 1.84. The van der Waals surface area contributed by atoms with Gasteiger partial charge in [-0.05, 0) is 37.4 Å². The summed E-state index contributed by atoms with van der Waals surface area (Å²) in [5.41, 5.74) is 2.29. The molecule has 0 saturated heterocycles. The van der Waals surface area contributed by atoms with Crippen molar-refractivity contribution in [2.75, 3.05) is 20.5 Å². The molecule has 0 radical (unpaired) electrons. The zero-order valence-corrected chi connectivity index (χ0v) is 19.3. The summed E-state index contributed by atoms with van der Waals surface area (Å²) in [7, 11) is 3.14. The Kier molecular flexibility index (Phi) is 7.27. The highest BCUT2D eigenvalue weighted by Gasteiger charge is 2.30. The average Bonchev–Trinajstić information content (AvgIpc) is 3.05. The van der Waals surface area contributed by atoms with Crippen molar-refractivity contribution >= 4 is 47.3 Å². The number of thioether (sulfide) groups is 1. The van der Waals surface area contributed by atoms with Gasteiger partial charge in [0.1, 0.15) is 22.3 Å². The van der Waals surface area contributed by atoms with Crippen molar-refractivity contribution in [1.29, 1.82) is 0 Å². The van der Waals surface area contributed by atoms with E-state index in [2.05, 4.69) is 0 Å². The number of nitrogens with zero attached hydrogens (tertiary/aromatic N) is 2. The first kappa shape index (κ1) is 22.2. The van der Waals surface area contributed by atoms with E-state index in [1.165, 1.54) is 15.7 Å². The average molecular weight is 473 g/mol.